The maximum atomic E-state index is 14.1. The molecule has 1 unspecified atom stereocenters. The van der Waals surface area contributed by atoms with Crippen LogP contribution in [0.5, 0.6) is 0 Å². The number of nitrogens with zero attached hydrogens (tertiary/aromatic N) is 5. The summed E-state index contributed by atoms with van der Waals surface area (Å²) in [4.78, 5) is 49.2. The number of hydrogen-bond donors (Lipinski definition) is 4. The van der Waals surface area contributed by atoms with E-state index in [0.29, 0.717) is 58.0 Å². The quantitative estimate of drug-likeness (QED) is 0.328. The van der Waals surface area contributed by atoms with Crippen LogP contribution in [-0.2, 0) is 17.6 Å². The number of likely N-dealkylation sites (tertiary alicyclic amines) is 2. The minimum Gasteiger partial charge on any atom is -0.341 e. The van der Waals surface area contributed by atoms with Crippen molar-refractivity contribution in [1.29, 1.82) is 0 Å². The smallest absolute Gasteiger partial charge is 0.322 e. The van der Waals surface area contributed by atoms with Gasteiger partial charge < -0.3 is 30.7 Å². The van der Waals surface area contributed by atoms with Crippen LogP contribution in [0.1, 0.15) is 43.2 Å². The number of carbonyl (C=O) groups is 3. The lowest BCUT2D eigenvalue weighted by molar-refractivity contribution is -0.134. The van der Waals surface area contributed by atoms with Gasteiger partial charge in [0.05, 0.1) is 11.7 Å². The Balaban J connectivity index is 0.984. The zero-order chi connectivity index (χ0) is 32.2. The average molecular weight is 642 g/mol. The summed E-state index contributed by atoms with van der Waals surface area (Å²) in [5.41, 5.74) is 3.95. The van der Waals surface area contributed by atoms with Gasteiger partial charge in [0.25, 0.3) is 0 Å². The van der Waals surface area contributed by atoms with E-state index in [1.807, 2.05) is 46.2 Å². The van der Waals surface area contributed by atoms with E-state index in [1.54, 1.807) is 11.1 Å². The Morgan fingerprint density at radius 2 is 1.68 bits per heavy atom. The Bertz CT molecular complexity index is 1550. The predicted octanol–water partition coefficient (Wildman–Crippen LogP) is 3.02. The molecule has 2 aromatic carbocycles. The number of piperidine rings is 2. The molecule has 4 aliphatic rings. The molecule has 3 aromatic rings. The van der Waals surface area contributed by atoms with Gasteiger partial charge in [-0.25, -0.2) is 9.59 Å². The molecule has 5 heterocycles. The van der Waals surface area contributed by atoms with Crippen molar-refractivity contribution < 1.29 is 14.4 Å². The van der Waals surface area contributed by atoms with Gasteiger partial charge in [0.15, 0.2) is 0 Å². The lowest BCUT2D eigenvalue weighted by Crippen LogP contribution is -2.57. The third-order valence-corrected chi connectivity index (χ3v) is 10.5. The number of benzene rings is 2. The third-order valence-electron chi connectivity index (χ3n) is 10.5. The highest BCUT2D eigenvalue weighted by molar-refractivity contribution is 5.91. The third kappa shape index (κ3) is 7.23. The molecule has 1 atom stereocenters. The number of carbonyl (C=O) groups excluding carboxylic acids is 3. The van der Waals surface area contributed by atoms with Crippen LogP contribution in [0.3, 0.4) is 0 Å². The molecule has 0 saturated carbocycles. The van der Waals surface area contributed by atoms with Crippen molar-refractivity contribution in [2.45, 2.75) is 63.1 Å². The average Bonchev–Trinajstić information content (AvgIpc) is 3.29. The normalized spacial score (nSPS) is 21.1. The number of aromatic amines is 1. The highest BCUT2D eigenvalue weighted by atomic mass is 16.2. The molecule has 47 heavy (non-hydrogen) atoms. The molecule has 12 heteroatoms. The van der Waals surface area contributed by atoms with E-state index in [4.69, 9.17) is 0 Å². The lowest BCUT2D eigenvalue weighted by atomic mass is 9.99. The molecule has 3 saturated heterocycles. The van der Waals surface area contributed by atoms with Crippen molar-refractivity contribution in [2.24, 2.45) is 0 Å². The summed E-state index contributed by atoms with van der Waals surface area (Å²) >= 11 is 0. The Hall–Kier alpha value is -4.16. The summed E-state index contributed by atoms with van der Waals surface area (Å²) in [6.07, 6.45) is 7.46. The van der Waals surface area contributed by atoms with Gasteiger partial charge in [-0.1, -0.05) is 24.3 Å². The summed E-state index contributed by atoms with van der Waals surface area (Å²) in [7, 11) is 0. The van der Waals surface area contributed by atoms with Crippen LogP contribution in [0.25, 0.3) is 10.9 Å². The fraction of sp³-hybridized carbons (Fsp3) is 0.543. The number of hydrogen-bond acceptors (Lipinski definition) is 6. The van der Waals surface area contributed by atoms with Gasteiger partial charge >= 0.3 is 12.1 Å². The minimum atomic E-state index is -0.668. The topological polar surface area (TPSA) is 129 Å². The Kier molecular flexibility index (Phi) is 9.57. The molecular formula is C35H47N9O3. The van der Waals surface area contributed by atoms with Gasteiger partial charge in [0.1, 0.15) is 6.04 Å². The molecule has 0 aliphatic carbocycles. The molecule has 0 radical (unpaired) electrons. The van der Waals surface area contributed by atoms with E-state index >= 15 is 0 Å². The summed E-state index contributed by atoms with van der Waals surface area (Å²) in [6.45, 7) is 7.37. The predicted molar refractivity (Wildman–Crippen MR) is 181 cm³/mol. The van der Waals surface area contributed by atoms with Crippen LogP contribution in [0.2, 0.25) is 0 Å². The van der Waals surface area contributed by atoms with Crippen LogP contribution < -0.4 is 16.0 Å². The van der Waals surface area contributed by atoms with Crippen molar-refractivity contribution in [3.05, 3.63) is 59.8 Å². The maximum Gasteiger partial charge on any atom is 0.322 e. The highest BCUT2D eigenvalue weighted by Crippen LogP contribution is 2.25. The number of aromatic nitrogens is 2. The first-order chi connectivity index (χ1) is 23.0. The Morgan fingerprint density at radius 1 is 0.894 bits per heavy atom. The van der Waals surface area contributed by atoms with Crippen molar-refractivity contribution in [1.82, 2.24) is 40.4 Å². The number of rotatable bonds is 6. The monoisotopic (exact) mass is 641 g/mol. The van der Waals surface area contributed by atoms with Gasteiger partial charge in [-0.2, -0.15) is 5.10 Å². The minimum absolute atomic E-state index is 0.0164. The van der Waals surface area contributed by atoms with Crippen LogP contribution in [0.4, 0.5) is 15.3 Å². The van der Waals surface area contributed by atoms with E-state index in [-0.39, 0.29) is 24.0 Å². The van der Waals surface area contributed by atoms with Crippen LogP contribution in [-0.4, -0.2) is 125 Å². The first-order valence-corrected chi connectivity index (χ1v) is 17.4. The zero-order valence-corrected chi connectivity index (χ0v) is 27.1. The fourth-order valence-electron chi connectivity index (χ4n) is 7.82. The second kappa shape index (κ2) is 14.3. The lowest BCUT2D eigenvalue weighted by Gasteiger charge is -2.40. The van der Waals surface area contributed by atoms with Crippen molar-refractivity contribution in [3.63, 3.8) is 0 Å². The van der Waals surface area contributed by atoms with Gasteiger partial charge in [0.2, 0.25) is 5.91 Å². The molecule has 5 amide bonds. The number of amides is 5. The van der Waals surface area contributed by atoms with Gasteiger partial charge in [-0.3, -0.25) is 14.8 Å². The zero-order valence-electron chi connectivity index (χ0n) is 27.1. The summed E-state index contributed by atoms with van der Waals surface area (Å²) in [6, 6.07) is 13.6. The van der Waals surface area contributed by atoms with Crippen molar-refractivity contribution >= 4 is 34.6 Å². The SMILES string of the molecule is O=C(NC(Cc1ccc2[nH]ncc2c1)C(=O)N1CCC(N2CCCNCC2)CC1)N1CCC(N2CCc3ccccc3NC2=O)CC1. The standard InChI is InChI=1S/C35H47N9O3/c45-33(42-16-9-28(10-17-42)41-15-3-13-36-14-21-41)32(23-25-6-7-31-27(22-25)24-37-40-31)39-34(46)43-18-11-29(12-19-43)44-20-8-26-4-1-2-5-30(26)38-35(44)47/h1-2,4-7,22,24,28-29,32,36H,3,8-21,23H2,(H,37,40)(H,38,47)(H,39,46). The molecule has 4 N–H and O–H groups in total. The number of nitrogens with one attached hydrogen (secondary N) is 4. The fourth-order valence-corrected chi connectivity index (χ4v) is 7.82. The molecular weight excluding hydrogens is 594 g/mol. The molecule has 7 rings (SSSR count). The van der Waals surface area contributed by atoms with E-state index in [2.05, 4.69) is 37.1 Å². The van der Waals surface area contributed by atoms with Crippen LogP contribution in [0.15, 0.2) is 48.7 Å². The number of anilines is 1. The molecule has 0 spiro atoms. The van der Waals surface area contributed by atoms with E-state index in [0.717, 1.165) is 79.6 Å². The molecule has 0 bridgehead atoms. The summed E-state index contributed by atoms with van der Waals surface area (Å²) in [5.74, 6) is -0.0164. The van der Waals surface area contributed by atoms with E-state index in [9.17, 15) is 14.4 Å². The molecule has 4 aliphatic heterocycles. The van der Waals surface area contributed by atoms with Crippen LogP contribution in [0, 0.1) is 0 Å². The molecule has 12 nitrogen and oxygen atoms in total. The maximum absolute atomic E-state index is 14.1. The number of H-pyrrole nitrogens is 1. The number of para-hydroxylation sites is 1. The Labute approximate surface area is 276 Å². The second-order valence-corrected chi connectivity index (χ2v) is 13.4. The van der Waals surface area contributed by atoms with Crippen molar-refractivity contribution in [3.8, 4) is 0 Å². The van der Waals surface area contributed by atoms with E-state index in [1.165, 1.54) is 0 Å². The first-order valence-electron chi connectivity index (χ1n) is 17.4. The Morgan fingerprint density at radius 3 is 2.53 bits per heavy atom. The first kappa shape index (κ1) is 31.4. The molecule has 1 aromatic heterocycles. The van der Waals surface area contributed by atoms with Gasteiger partial charge in [-0.15, -0.1) is 0 Å². The number of urea groups is 2. The summed E-state index contributed by atoms with van der Waals surface area (Å²) < 4.78 is 0. The second-order valence-electron chi connectivity index (χ2n) is 13.4. The van der Waals surface area contributed by atoms with E-state index < -0.39 is 6.04 Å². The van der Waals surface area contributed by atoms with Gasteiger partial charge in [-0.05, 0) is 80.9 Å². The van der Waals surface area contributed by atoms with Crippen molar-refractivity contribution in [2.75, 3.05) is 64.2 Å². The molecule has 3 fully saturated rings. The largest absolute Gasteiger partial charge is 0.341 e. The highest BCUT2D eigenvalue weighted by Gasteiger charge is 2.35. The number of fused-ring (bicyclic) bond motifs is 2. The van der Waals surface area contributed by atoms with Gasteiger partial charge in [0, 0.05) is 75.4 Å². The summed E-state index contributed by atoms with van der Waals surface area (Å²) in [5, 5.41) is 17.8. The van der Waals surface area contributed by atoms with Crippen LogP contribution >= 0.6 is 0 Å². The molecule has 250 valence electrons.